The van der Waals surface area contributed by atoms with Crippen LogP contribution in [0.15, 0.2) is 78.9 Å². The van der Waals surface area contributed by atoms with E-state index in [1.807, 2.05) is 54.6 Å². The Hall–Kier alpha value is -3.40. The van der Waals surface area contributed by atoms with Gasteiger partial charge in [0.25, 0.3) is 5.91 Å². The minimum atomic E-state index is -0.154. The molecular formula is C23H22N2O2. The molecule has 27 heavy (non-hydrogen) atoms. The van der Waals surface area contributed by atoms with Crippen molar-refractivity contribution in [1.82, 2.24) is 0 Å². The van der Waals surface area contributed by atoms with Gasteiger partial charge in [-0.1, -0.05) is 49.4 Å². The molecule has 2 amide bonds. The monoisotopic (exact) mass is 358 g/mol. The van der Waals surface area contributed by atoms with Crippen molar-refractivity contribution in [3.63, 3.8) is 0 Å². The van der Waals surface area contributed by atoms with Crippen LogP contribution in [0.2, 0.25) is 0 Å². The molecule has 0 atom stereocenters. The molecule has 0 bridgehead atoms. The van der Waals surface area contributed by atoms with E-state index in [-0.39, 0.29) is 11.8 Å². The molecule has 136 valence electrons. The maximum Gasteiger partial charge on any atom is 0.255 e. The van der Waals surface area contributed by atoms with Gasteiger partial charge >= 0.3 is 0 Å². The molecule has 2 N–H and O–H groups in total. The van der Waals surface area contributed by atoms with E-state index < -0.39 is 0 Å². The zero-order valence-corrected chi connectivity index (χ0v) is 15.2. The molecule has 0 aliphatic rings. The minimum absolute atomic E-state index is 0.0750. The summed E-state index contributed by atoms with van der Waals surface area (Å²) < 4.78 is 0. The van der Waals surface area contributed by atoms with Crippen LogP contribution in [0.3, 0.4) is 0 Å². The molecule has 0 unspecified atom stereocenters. The fourth-order valence-electron chi connectivity index (χ4n) is 2.72. The number of nitrogens with one attached hydrogen (secondary N) is 2. The minimum Gasteiger partial charge on any atom is -0.326 e. The van der Waals surface area contributed by atoms with E-state index in [2.05, 4.69) is 17.6 Å². The molecule has 0 radical (unpaired) electrons. The Bertz CT molecular complexity index is 901. The molecule has 3 aromatic rings. The second-order valence-corrected chi connectivity index (χ2v) is 6.29. The maximum atomic E-state index is 12.3. The molecule has 4 heteroatoms. The summed E-state index contributed by atoms with van der Waals surface area (Å²) in [5.41, 5.74) is 4.16. The highest BCUT2D eigenvalue weighted by Gasteiger charge is 2.07. The van der Waals surface area contributed by atoms with Crippen LogP contribution in [0.5, 0.6) is 0 Å². The molecule has 3 aromatic carbocycles. The topological polar surface area (TPSA) is 58.2 Å². The first kappa shape index (κ1) is 18.4. The number of hydrogen-bond donors (Lipinski definition) is 2. The van der Waals surface area contributed by atoms with E-state index in [1.54, 1.807) is 24.3 Å². The third-order valence-corrected chi connectivity index (χ3v) is 4.26. The van der Waals surface area contributed by atoms with E-state index in [4.69, 9.17) is 0 Å². The molecule has 4 nitrogen and oxygen atoms in total. The first-order valence-corrected chi connectivity index (χ1v) is 8.98. The fourth-order valence-corrected chi connectivity index (χ4v) is 2.72. The van der Waals surface area contributed by atoms with Crippen molar-refractivity contribution >= 4 is 23.2 Å². The van der Waals surface area contributed by atoms with Gasteiger partial charge in [0.05, 0.1) is 6.42 Å². The van der Waals surface area contributed by atoms with Crippen molar-refractivity contribution in [1.29, 1.82) is 0 Å². The van der Waals surface area contributed by atoms with Gasteiger partial charge in [-0.2, -0.15) is 0 Å². The van der Waals surface area contributed by atoms with E-state index in [9.17, 15) is 9.59 Å². The molecule has 0 aromatic heterocycles. The lowest BCUT2D eigenvalue weighted by molar-refractivity contribution is -0.115. The van der Waals surface area contributed by atoms with Crippen LogP contribution in [0, 0.1) is 0 Å². The molecule has 0 aliphatic carbocycles. The van der Waals surface area contributed by atoms with Gasteiger partial charge in [0.15, 0.2) is 0 Å². The number of carbonyl (C=O) groups is 2. The van der Waals surface area contributed by atoms with Crippen LogP contribution in [0.4, 0.5) is 11.4 Å². The normalized spacial score (nSPS) is 10.3. The number of rotatable bonds is 6. The largest absolute Gasteiger partial charge is 0.326 e. The summed E-state index contributed by atoms with van der Waals surface area (Å²) in [5.74, 6) is -0.229. The van der Waals surface area contributed by atoms with Gasteiger partial charge in [-0.05, 0) is 53.9 Å². The van der Waals surface area contributed by atoms with Crippen LogP contribution >= 0.6 is 0 Å². The maximum absolute atomic E-state index is 12.3. The van der Waals surface area contributed by atoms with Gasteiger partial charge in [-0.15, -0.1) is 0 Å². The van der Waals surface area contributed by atoms with E-state index in [1.165, 1.54) is 5.56 Å². The molecule has 3 rings (SSSR count). The second kappa shape index (κ2) is 8.81. The van der Waals surface area contributed by atoms with Crippen LogP contribution < -0.4 is 10.6 Å². The van der Waals surface area contributed by atoms with Gasteiger partial charge in [0.2, 0.25) is 5.91 Å². The lowest BCUT2D eigenvalue weighted by atomic mass is 10.1. The van der Waals surface area contributed by atoms with Gasteiger partial charge in [-0.25, -0.2) is 0 Å². The van der Waals surface area contributed by atoms with Crippen molar-refractivity contribution < 1.29 is 9.59 Å². The fraction of sp³-hybridized carbons (Fsp3) is 0.130. The van der Waals surface area contributed by atoms with Crippen LogP contribution in [-0.4, -0.2) is 11.8 Å². The van der Waals surface area contributed by atoms with Gasteiger partial charge in [0.1, 0.15) is 0 Å². The summed E-state index contributed by atoms with van der Waals surface area (Å²) in [4.78, 5) is 24.4. The first-order valence-electron chi connectivity index (χ1n) is 8.98. The molecule has 0 heterocycles. The lowest BCUT2D eigenvalue weighted by Gasteiger charge is -2.08. The Morgan fingerprint density at radius 3 is 1.89 bits per heavy atom. The third-order valence-electron chi connectivity index (χ3n) is 4.26. The average molecular weight is 358 g/mol. The average Bonchev–Trinajstić information content (AvgIpc) is 2.70. The highest BCUT2D eigenvalue weighted by molar-refractivity contribution is 6.04. The van der Waals surface area contributed by atoms with Crippen molar-refractivity contribution in [2.24, 2.45) is 0 Å². The number of anilines is 2. The zero-order valence-electron chi connectivity index (χ0n) is 15.2. The predicted octanol–water partition coefficient (Wildman–Crippen LogP) is 4.68. The standard InChI is InChI=1S/C23H22N2O2/c1-2-17-8-10-19(11-9-17)23(27)25-21-14-12-20(13-15-21)24-22(26)16-18-6-4-3-5-7-18/h3-15H,2,16H2,1H3,(H,24,26)(H,25,27). The van der Waals surface area contributed by atoms with Crippen molar-refractivity contribution in [3.8, 4) is 0 Å². The van der Waals surface area contributed by atoms with Crippen LogP contribution in [0.1, 0.15) is 28.4 Å². The number of amides is 2. The van der Waals surface area contributed by atoms with Crippen molar-refractivity contribution in [2.45, 2.75) is 19.8 Å². The van der Waals surface area contributed by atoms with Crippen molar-refractivity contribution in [2.75, 3.05) is 10.6 Å². The summed E-state index contributed by atoms with van der Waals surface area (Å²) in [6.07, 6.45) is 1.27. The predicted molar refractivity (Wildman–Crippen MR) is 109 cm³/mol. The van der Waals surface area contributed by atoms with Crippen LogP contribution in [0.25, 0.3) is 0 Å². The SMILES string of the molecule is CCc1ccc(C(=O)Nc2ccc(NC(=O)Cc3ccccc3)cc2)cc1. The molecule has 0 saturated carbocycles. The summed E-state index contributed by atoms with van der Waals surface area (Å²) in [7, 11) is 0. The van der Waals surface area contributed by atoms with E-state index in [0.717, 1.165) is 12.0 Å². The van der Waals surface area contributed by atoms with E-state index >= 15 is 0 Å². The first-order chi connectivity index (χ1) is 13.1. The second-order valence-electron chi connectivity index (χ2n) is 6.29. The third kappa shape index (κ3) is 5.28. The highest BCUT2D eigenvalue weighted by Crippen LogP contribution is 2.15. The Morgan fingerprint density at radius 1 is 0.704 bits per heavy atom. The number of aryl methyl sites for hydroxylation is 1. The van der Waals surface area contributed by atoms with E-state index in [0.29, 0.717) is 23.4 Å². The number of hydrogen-bond acceptors (Lipinski definition) is 2. The number of carbonyl (C=O) groups excluding carboxylic acids is 2. The lowest BCUT2D eigenvalue weighted by Crippen LogP contribution is -2.14. The zero-order chi connectivity index (χ0) is 19.1. The van der Waals surface area contributed by atoms with Crippen LogP contribution in [-0.2, 0) is 17.6 Å². The Balaban J connectivity index is 1.56. The summed E-state index contributed by atoms with van der Waals surface area (Å²) in [5, 5.41) is 5.73. The number of benzene rings is 3. The van der Waals surface area contributed by atoms with Crippen molar-refractivity contribution in [3.05, 3.63) is 95.6 Å². The van der Waals surface area contributed by atoms with Gasteiger partial charge in [0, 0.05) is 16.9 Å². The Kier molecular flexibility index (Phi) is 6.00. The summed E-state index contributed by atoms with van der Waals surface area (Å²) >= 11 is 0. The summed E-state index contributed by atoms with van der Waals surface area (Å²) in [6, 6.07) is 24.3. The van der Waals surface area contributed by atoms with Gasteiger partial charge in [-0.3, -0.25) is 9.59 Å². The Labute approximate surface area is 159 Å². The quantitative estimate of drug-likeness (QED) is 0.672. The molecule has 0 spiro atoms. The highest BCUT2D eigenvalue weighted by atomic mass is 16.2. The summed E-state index contributed by atoms with van der Waals surface area (Å²) in [6.45, 7) is 2.08. The smallest absolute Gasteiger partial charge is 0.255 e. The van der Waals surface area contributed by atoms with Gasteiger partial charge < -0.3 is 10.6 Å². The molecular weight excluding hydrogens is 336 g/mol. The molecule has 0 aliphatic heterocycles. The molecule has 0 saturated heterocycles. The molecule has 0 fully saturated rings. The Morgan fingerprint density at radius 2 is 1.30 bits per heavy atom.